The molecule has 5 rings (SSSR count). The summed E-state index contributed by atoms with van der Waals surface area (Å²) in [6, 6.07) is 9.17. The van der Waals surface area contributed by atoms with Gasteiger partial charge in [0.2, 0.25) is 0 Å². The van der Waals surface area contributed by atoms with Crippen LogP contribution in [0.15, 0.2) is 49.1 Å². The van der Waals surface area contributed by atoms with Crippen molar-refractivity contribution < 1.29 is 9.50 Å². The summed E-state index contributed by atoms with van der Waals surface area (Å²) in [5.41, 5.74) is 4.54. The minimum absolute atomic E-state index is 0.156. The van der Waals surface area contributed by atoms with Crippen LogP contribution in [0.25, 0.3) is 5.52 Å². The third-order valence-electron chi connectivity index (χ3n) is 6.52. The van der Waals surface area contributed by atoms with Crippen molar-refractivity contribution >= 4 is 5.52 Å². The monoisotopic (exact) mass is 364 g/mol. The molecule has 0 radical (unpaired) electrons. The number of aliphatic hydroxyl groups is 1. The third kappa shape index (κ3) is 3.16. The van der Waals surface area contributed by atoms with Crippen molar-refractivity contribution in [1.82, 2.24) is 9.38 Å². The fourth-order valence-electron chi connectivity index (χ4n) is 4.87. The summed E-state index contributed by atoms with van der Waals surface area (Å²) in [5.74, 6) is 1.10. The Balaban J connectivity index is 1.38. The number of imidazole rings is 1. The van der Waals surface area contributed by atoms with Crippen LogP contribution < -0.4 is 0 Å². The van der Waals surface area contributed by atoms with Gasteiger partial charge in [-0.2, -0.15) is 0 Å². The predicted molar refractivity (Wildman–Crippen MR) is 103 cm³/mol. The number of aromatic nitrogens is 2. The lowest BCUT2D eigenvalue weighted by atomic mass is 9.75. The van der Waals surface area contributed by atoms with Gasteiger partial charge >= 0.3 is 0 Å². The van der Waals surface area contributed by atoms with Crippen molar-refractivity contribution in [2.45, 2.75) is 56.5 Å². The molecule has 3 aromatic rings. The Kier molecular flexibility index (Phi) is 4.24. The summed E-state index contributed by atoms with van der Waals surface area (Å²) in [4.78, 5) is 4.29. The molecule has 2 heterocycles. The van der Waals surface area contributed by atoms with E-state index in [1.165, 1.54) is 24.5 Å². The van der Waals surface area contributed by atoms with E-state index in [0.29, 0.717) is 11.8 Å². The molecule has 2 aliphatic rings. The maximum absolute atomic E-state index is 13.5. The summed E-state index contributed by atoms with van der Waals surface area (Å²) >= 11 is 0. The minimum Gasteiger partial charge on any atom is -0.388 e. The topological polar surface area (TPSA) is 37.5 Å². The fraction of sp³-hybridized carbons (Fsp3) is 0.435. The zero-order valence-electron chi connectivity index (χ0n) is 15.4. The van der Waals surface area contributed by atoms with Crippen LogP contribution in [0.5, 0.6) is 0 Å². The van der Waals surface area contributed by atoms with Gasteiger partial charge in [0.15, 0.2) is 0 Å². The standard InChI is InChI=1S/C23H25FN2O/c24-19-3-1-2-18(12-19)15-4-8-17(9-5-15)23(27)22-20(16-6-7-16)10-11-26-14-25-13-21(22)26/h1-3,10-17,23,27H,4-9H2/t15?,17?,23-/m1/s1. The van der Waals surface area contributed by atoms with Gasteiger partial charge in [0.05, 0.1) is 24.1 Å². The maximum atomic E-state index is 13.5. The van der Waals surface area contributed by atoms with Gasteiger partial charge in [0.1, 0.15) is 5.82 Å². The van der Waals surface area contributed by atoms with E-state index in [0.717, 1.165) is 42.3 Å². The molecule has 2 aromatic heterocycles. The maximum Gasteiger partial charge on any atom is 0.123 e. The number of nitrogens with zero attached hydrogens (tertiary/aromatic N) is 2. The lowest BCUT2D eigenvalue weighted by Crippen LogP contribution is -2.21. The molecule has 1 aromatic carbocycles. The van der Waals surface area contributed by atoms with Gasteiger partial charge < -0.3 is 9.51 Å². The molecule has 0 bridgehead atoms. The number of hydrogen-bond donors (Lipinski definition) is 1. The van der Waals surface area contributed by atoms with Gasteiger partial charge in [-0.1, -0.05) is 12.1 Å². The van der Waals surface area contributed by atoms with Crippen molar-refractivity contribution in [3.63, 3.8) is 0 Å². The highest BCUT2D eigenvalue weighted by Gasteiger charge is 2.34. The highest BCUT2D eigenvalue weighted by Crippen LogP contribution is 2.47. The first-order chi connectivity index (χ1) is 13.2. The highest BCUT2D eigenvalue weighted by atomic mass is 19.1. The lowest BCUT2D eigenvalue weighted by Gasteiger charge is -2.33. The van der Waals surface area contributed by atoms with Crippen LogP contribution in [-0.2, 0) is 0 Å². The van der Waals surface area contributed by atoms with E-state index < -0.39 is 6.10 Å². The first kappa shape index (κ1) is 16.9. The van der Waals surface area contributed by atoms with Crippen LogP contribution >= 0.6 is 0 Å². The number of pyridine rings is 1. The van der Waals surface area contributed by atoms with E-state index in [1.54, 1.807) is 12.1 Å². The zero-order chi connectivity index (χ0) is 18.4. The van der Waals surface area contributed by atoms with Crippen LogP contribution in [0, 0.1) is 11.7 Å². The molecule has 0 unspecified atom stereocenters. The van der Waals surface area contributed by atoms with Crippen molar-refractivity contribution in [3.8, 4) is 0 Å². The number of hydrogen-bond acceptors (Lipinski definition) is 2. The molecule has 3 nitrogen and oxygen atoms in total. The van der Waals surface area contributed by atoms with Crippen LogP contribution in [0.2, 0.25) is 0 Å². The number of benzene rings is 1. The molecular formula is C23H25FN2O. The molecule has 140 valence electrons. The van der Waals surface area contributed by atoms with Gasteiger partial charge in [0.25, 0.3) is 0 Å². The summed E-state index contributed by atoms with van der Waals surface area (Å²) in [5, 5.41) is 11.3. The quantitative estimate of drug-likeness (QED) is 0.677. The zero-order valence-corrected chi connectivity index (χ0v) is 15.4. The van der Waals surface area contributed by atoms with E-state index in [9.17, 15) is 9.50 Å². The molecule has 1 atom stereocenters. The number of fused-ring (bicyclic) bond motifs is 1. The lowest BCUT2D eigenvalue weighted by molar-refractivity contribution is 0.0810. The van der Waals surface area contributed by atoms with Crippen molar-refractivity contribution in [2.75, 3.05) is 0 Å². The van der Waals surface area contributed by atoms with Crippen LogP contribution in [0.3, 0.4) is 0 Å². The Hall–Kier alpha value is -2.20. The Morgan fingerprint density at radius 3 is 2.56 bits per heavy atom. The van der Waals surface area contributed by atoms with E-state index in [1.807, 2.05) is 23.0 Å². The Morgan fingerprint density at radius 1 is 1.04 bits per heavy atom. The first-order valence-electron chi connectivity index (χ1n) is 10.1. The minimum atomic E-state index is -0.450. The van der Waals surface area contributed by atoms with Crippen molar-refractivity contribution in [1.29, 1.82) is 0 Å². The molecule has 0 amide bonds. The molecule has 2 saturated carbocycles. The molecule has 2 aliphatic carbocycles. The van der Waals surface area contributed by atoms with E-state index in [-0.39, 0.29) is 11.7 Å². The van der Waals surface area contributed by atoms with Gasteiger partial charge in [-0.15, -0.1) is 0 Å². The summed E-state index contributed by atoms with van der Waals surface area (Å²) in [7, 11) is 0. The normalized spacial score (nSPS) is 24.2. The molecule has 1 N–H and O–H groups in total. The second-order valence-electron chi connectivity index (χ2n) is 8.26. The summed E-state index contributed by atoms with van der Waals surface area (Å²) in [6.07, 6.45) is 11.7. The average molecular weight is 364 g/mol. The Labute approximate surface area is 158 Å². The van der Waals surface area contributed by atoms with Crippen molar-refractivity contribution in [2.24, 2.45) is 5.92 Å². The number of aliphatic hydroxyl groups excluding tert-OH is 1. The number of rotatable bonds is 4. The molecule has 0 saturated heterocycles. The predicted octanol–water partition coefficient (Wildman–Crippen LogP) is 5.36. The average Bonchev–Trinajstić information content (AvgIpc) is 3.43. The molecule has 0 spiro atoms. The fourth-order valence-corrected chi connectivity index (χ4v) is 4.87. The molecule has 27 heavy (non-hydrogen) atoms. The Bertz CT molecular complexity index is 954. The van der Waals surface area contributed by atoms with Gasteiger partial charge in [-0.3, -0.25) is 0 Å². The van der Waals surface area contributed by atoms with Crippen molar-refractivity contribution in [3.05, 3.63) is 71.6 Å². The first-order valence-corrected chi connectivity index (χ1v) is 10.1. The summed E-state index contributed by atoms with van der Waals surface area (Å²) < 4.78 is 15.6. The van der Waals surface area contributed by atoms with E-state index in [2.05, 4.69) is 17.2 Å². The van der Waals surface area contributed by atoms with Crippen LogP contribution in [0.4, 0.5) is 4.39 Å². The SMILES string of the molecule is O[C@@H](c1c(C2CC2)ccn2cncc12)C1CCC(c2cccc(F)c2)CC1. The smallest absolute Gasteiger partial charge is 0.123 e. The second-order valence-corrected chi connectivity index (χ2v) is 8.26. The summed E-state index contributed by atoms with van der Waals surface area (Å²) in [6.45, 7) is 0. The van der Waals surface area contributed by atoms with Gasteiger partial charge in [0, 0.05) is 11.8 Å². The van der Waals surface area contributed by atoms with Crippen LogP contribution in [0.1, 0.15) is 73.2 Å². The Morgan fingerprint density at radius 2 is 1.81 bits per heavy atom. The van der Waals surface area contributed by atoms with E-state index >= 15 is 0 Å². The van der Waals surface area contributed by atoms with Gasteiger partial charge in [-0.25, -0.2) is 9.37 Å². The third-order valence-corrected chi connectivity index (χ3v) is 6.52. The molecular weight excluding hydrogens is 339 g/mol. The highest BCUT2D eigenvalue weighted by molar-refractivity contribution is 5.59. The molecule has 4 heteroatoms. The number of halogens is 1. The molecule has 0 aliphatic heterocycles. The van der Waals surface area contributed by atoms with E-state index in [4.69, 9.17) is 0 Å². The van der Waals surface area contributed by atoms with Gasteiger partial charge in [-0.05, 0) is 85.6 Å². The second kappa shape index (κ2) is 6.75. The largest absolute Gasteiger partial charge is 0.388 e. The molecule has 2 fully saturated rings. The van der Waals surface area contributed by atoms with Crippen LogP contribution in [-0.4, -0.2) is 14.5 Å².